The van der Waals surface area contributed by atoms with E-state index in [1.807, 2.05) is 43.9 Å². The Morgan fingerprint density at radius 2 is 1.63 bits per heavy atom. The monoisotopic (exact) mass is 387 g/mol. The van der Waals surface area contributed by atoms with Crippen molar-refractivity contribution in [2.24, 2.45) is 0 Å². The maximum absolute atomic E-state index is 13.9. The van der Waals surface area contributed by atoms with Crippen LogP contribution in [-0.4, -0.2) is 38.9 Å². The van der Waals surface area contributed by atoms with Gasteiger partial charge in [-0.1, -0.05) is 23.8 Å². The van der Waals surface area contributed by atoms with Crippen LogP contribution in [0.2, 0.25) is 0 Å². The molecule has 0 amide bonds. The van der Waals surface area contributed by atoms with Crippen molar-refractivity contribution in [2.75, 3.05) is 31.1 Å². The Balaban J connectivity index is 1.84. The van der Waals surface area contributed by atoms with Gasteiger partial charge in [-0.3, -0.25) is 0 Å². The molecule has 0 aliphatic carbocycles. The molecule has 2 aromatic carbocycles. The molecule has 1 fully saturated rings. The minimum atomic E-state index is -3.60. The van der Waals surface area contributed by atoms with Crippen LogP contribution in [-0.2, 0) is 10.0 Å². The fraction of sp³-hybridized carbons (Fsp3) is 0.350. The van der Waals surface area contributed by atoms with Gasteiger partial charge in [0, 0.05) is 26.2 Å². The van der Waals surface area contributed by atoms with E-state index >= 15 is 0 Å². The molecule has 0 bridgehead atoms. The highest BCUT2D eigenvalue weighted by Gasteiger charge is 2.31. The average molecular weight is 387 g/mol. The van der Waals surface area contributed by atoms with E-state index in [1.165, 1.54) is 10.4 Å². The van der Waals surface area contributed by atoms with Gasteiger partial charge in [-0.2, -0.15) is 9.57 Å². The molecule has 1 aliphatic heterocycles. The van der Waals surface area contributed by atoms with Crippen molar-refractivity contribution in [1.82, 2.24) is 4.31 Å². The molecule has 5 nitrogen and oxygen atoms in total. The zero-order valence-corrected chi connectivity index (χ0v) is 16.5. The van der Waals surface area contributed by atoms with Gasteiger partial charge in [0.15, 0.2) is 0 Å². The van der Waals surface area contributed by atoms with Crippen LogP contribution in [0.25, 0.3) is 0 Å². The molecule has 0 aromatic heterocycles. The Labute approximate surface area is 159 Å². The van der Waals surface area contributed by atoms with Crippen molar-refractivity contribution < 1.29 is 12.8 Å². The molecule has 142 valence electrons. The SMILES string of the molecule is Cc1cc(C)c(S(=O)(=O)N2CCN(c3cccc(F)c3C#N)CC2)c(C)c1. The Kier molecular flexibility index (Phi) is 5.22. The number of hydrogen-bond donors (Lipinski definition) is 0. The van der Waals surface area contributed by atoms with Crippen molar-refractivity contribution in [1.29, 1.82) is 5.26 Å². The first kappa shape index (κ1) is 19.3. The maximum atomic E-state index is 13.9. The van der Waals surface area contributed by atoms with Crippen molar-refractivity contribution in [3.8, 4) is 6.07 Å². The lowest BCUT2D eigenvalue weighted by Crippen LogP contribution is -2.49. The van der Waals surface area contributed by atoms with E-state index in [2.05, 4.69) is 0 Å². The summed E-state index contributed by atoms with van der Waals surface area (Å²) in [6.45, 7) is 6.96. The molecule has 3 rings (SSSR count). The summed E-state index contributed by atoms with van der Waals surface area (Å²) in [6.07, 6.45) is 0. The minimum absolute atomic E-state index is 0.000898. The van der Waals surface area contributed by atoms with Gasteiger partial charge in [0.1, 0.15) is 17.4 Å². The van der Waals surface area contributed by atoms with Gasteiger partial charge >= 0.3 is 0 Å². The standard InChI is InChI=1S/C20H22FN3O2S/c1-14-11-15(2)20(16(3)12-14)27(25,26)24-9-7-23(8-10-24)19-6-4-5-18(21)17(19)13-22/h4-6,11-12H,7-10H2,1-3H3. The van der Waals surface area contributed by atoms with Gasteiger partial charge < -0.3 is 4.90 Å². The van der Waals surface area contributed by atoms with Crippen LogP contribution in [0.4, 0.5) is 10.1 Å². The highest BCUT2D eigenvalue weighted by molar-refractivity contribution is 7.89. The molecule has 0 spiro atoms. The summed E-state index contributed by atoms with van der Waals surface area (Å²) < 4.78 is 41.6. The Morgan fingerprint density at radius 3 is 2.19 bits per heavy atom. The lowest BCUT2D eigenvalue weighted by molar-refractivity contribution is 0.384. The van der Waals surface area contributed by atoms with Crippen molar-refractivity contribution in [2.45, 2.75) is 25.7 Å². The predicted molar refractivity (Wildman–Crippen MR) is 103 cm³/mol. The zero-order valence-electron chi connectivity index (χ0n) is 15.7. The number of anilines is 1. The molecule has 27 heavy (non-hydrogen) atoms. The Bertz CT molecular complexity index is 997. The molecule has 0 saturated carbocycles. The van der Waals surface area contributed by atoms with Gasteiger partial charge in [-0.25, -0.2) is 12.8 Å². The summed E-state index contributed by atoms with van der Waals surface area (Å²) in [4.78, 5) is 2.23. The topological polar surface area (TPSA) is 64.4 Å². The van der Waals surface area contributed by atoms with Crippen LogP contribution in [0, 0.1) is 37.9 Å². The molecule has 2 aromatic rings. The smallest absolute Gasteiger partial charge is 0.243 e. The Hall–Kier alpha value is -2.43. The van der Waals surface area contributed by atoms with E-state index < -0.39 is 15.8 Å². The van der Waals surface area contributed by atoms with E-state index in [1.54, 1.807) is 12.1 Å². The predicted octanol–water partition coefficient (Wildman–Crippen LogP) is 3.13. The molecule has 1 heterocycles. The molecule has 0 unspecified atom stereocenters. The molecular formula is C20H22FN3O2S. The fourth-order valence-corrected chi connectivity index (χ4v) is 5.59. The van der Waals surface area contributed by atoms with Gasteiger partial charge in [0.05, 0.1) is 10.6 Å². The van der Waals surface area contributed by atoms with Crippen LogP contribution in [0.15, 0.2) is 35.2 Å². The lowest BCUT2D eigenvalue weighted by atomic mass is 10.1. The number of sulfonamides is 1. The fourth-order valence-electron chi connectivity index (χ4n) is 3.76. The summed E-state index contributed by atoms with van der Waals surface area (Å²) in [5, 5.41) is 9.22. The number of aryl methyl sites for hydroxylation is 3. The van der Waals surface area contributed by atoms with Crippen LogP contribution in [0.5, 0.6) is 0 Å². The highest BCUT2D eigenvalue weighted by atomic mass is 32.2. The average Bonchev–Trinajstić information content (AvgIpc) is 2.60. The second-order valence-electron chi connectivity index (χ2n) is 6.86. The number of rotatable bonds is 3. The van der Waals surface area contributed by atoms with Crippen LogP contribution in [0.1, 0.15) is 22.3 Å². The number of nitrogens with zero attached hydrogens (tertiary/aromatic N) is 3. The third kappa shape index (κ3) is 3.55. The summed E-state index contributed by atoms with van der Waals surface area (Å²) >= 11 is 0. The summed E-state index contributed by atoms with van der Waals surface area (Å²) in [5.41, 5.74) is 3.03. The zero-order chi connectivity index (χ0) is 19.8. The van der Waals surface area contributed by atoms with E-state index in [4.69, 9.17) is 0 Å². The number of nitriles is 1. The lowest BCUT2D eigenvalue weighted by Gasteiger charge is -2.36. The number of halogens is 1. The molecule has 1 aliphatic rings. The van der Waals surface area contributed by atoms with Gasteiger partial charge in [-0.15, -0.1) is 0 Å². The van der Waals surface area contributed by atoms with E-state index in [0.717, 1.165) is 16.7 Å². The molecular weight excluding hydrogens is 365 g/mol. The van der Waals surface area contributed by atoms with E-state index in [9.17, 15) is 18.1 Å². The highest BCUT2D eigenvalue weighted by Crippen LogP contribution is 2.28. The number of piperazine rings is 1. The van der Waals surface area contributed by atoms with Crippen LogP contribution in [0.3, 0.4) is 0 Å². The second kappa shape index (κ2) is 7.29. The first-order chi connectivity index (χ1) is 12.8. The third-order valence-corrected chi connectivity index (χ3v) is 7.09. The van der Waals surface area contributed by atoms with Crippen molar-refractivity contribution in [3.63, 3.8) is 0 Å². The molecule has 0 atom stereocenters. The van der Waals surface area contributed by atoms with Crippen molar-refractivity contribution in [3.05, 3.63) is 58.4 Å². The van der Waals surface area contributed by atoms with Crippen molar-refractivity contribution >= 4 is 15.7 Å². The Morgan fingerprint density at radius 1 is 1.04 bits per heavy atom. The molecule has 1 saturated heterocycles. The third-order valence-electron chi connectivity index (χ3n) is 4.89. The molecule has 7 heteroatoms. The largest absolute Gasteiger partial charge is 0.368 e. The van der Waals surface area contributed by atoms with Gasteiger partial charge in [0.2, 0.25) is 10.0 Å². The molecule has 0 N–H and O–H groups in total. The number of benzene rings is 2. The normalized spacial score (nSPS) is 15.6. The summed E-state index contributed by atoms with van der Waals surface area (Å²) in [5.74, 6) is -0.559. The van der Waals surface area contributed by atoms with E-state index in [0.29, 0.717) is 23.7 Å². The number of hydrogen-bond acceptors (Lipinski definition) is 4. The van der Waals surface area contributed by atoms with Gasteiger partial charge in [0.25, 0.3) is 0 Å². The summed E-state index contributed by atoms with van der Waals surface area (Å²) in [7, 11) is -3.60. The second-order valence-corrected chi connectivity index (χ2v) is 8.74. The molecule has 0 radical (unpaired) electrons. The maximum Gasteiger partial charge on any atom is 0.243 e. The first-order valence-corrected chi connectivity index (χ1v) is 10.2. The van der Waals surface area contributed by atoms with Crippen LogP contribution >= 0.6 is 0 Å². The van der Waals surface area contributed by atoms with Crippen LogP contribution < -0.4 is 4.90 Å². The first-order valence-electron chi connectivity index (χ1n) is 8.77. The van der Waals surface area contributed by atoms with Gasteiger partial charge in [-0.05, 0) is 44.0 Å². The summed E-state index contributed by atoms with van der Waals surface area (Å²) in [6, 6.07) is 10.2. The quantitative estimate of drug-likeness (QED) is 0.812. The van der Waals surface area contributed by atoms with E-state index in [-0.39, 0.29) is 18.7 Å². The minimum Gasteiger partial charge on any atom is -0.368 e.